The first-order valence-corrected chi connectivity index (χ1v) is 9.59. The highest BCUT2D eigenvalue weighted by atomic mass is 32.1. The fourth-order valence-electron chi connectivity index (χ4n) is 2.73. The van der Waals surface area contributed by atoms with E-state index in [-0.39, 0.29) is 0 Å². The molecule has 1 heterocycles. The molecular formula is C23H24S. The van der Waals surface area contributed by atoms with E-state index in [4.69, 9.17) is 0 Å². The Morgan fingerprint density at radius 1 is 0.750 bits per heavy atom. The van der Waals surface area contributed by atoms with Crippen LogP contribution in [0, 0.1) is 0 Å². The molecule has 0 aliphatic rings. The molecular weight excluding hydrogens is 308 g/mol. The van der Waals surface area contributed by atoms with Crippen molar-refractivity contribution < 1.29 is 0 Å². The van der Waals surface area contributed by atoms with Crippen molar-refractivity contribution in [2.45, 2.75) is 32.6 Å². The molecule has 2 aromatic carbocycles. The minimum absolute atomic E-state index is 1.22. The van der Waals surface area contributed by atoms with E-state index in [9.17, 15) is 0 Å². The van der Waals surface area contributed by atoms with Gasteiger partial charge in [0.25, 0.3) is 0 Å². The van der Waals surface area contributed by atoms with Gasteiger partial charge in [-0.3, -0.25) is 0 Å². The Kier molecular flexibility index (Phi) is 6.03. The molecule has 0 fully saturated rings. The molecule has 0 saturated heterocycles. The van der Waals surface area contributed by atoms with E-state index in [1.54, 1.807) is 0 Å². The maximum absolute atomic E-state index is 2.29. The van der Waals surface area contributed by atoms with Crippen LogP contribution in [0.1, 0.15) is 42.2 Å². The minimum atomic E-state index is 1.22. The molecule has 0 aliphatic carbocycles. The van der Waals surface area contributed by atoms with E-state index in [1.165, 1.54) is 52.1 Å². The quantitative estimate of drug-likeness (QED) is 0.314. The largest absolute Gasteiger partial charge is 0.140 e. The predicted molar refractivity (Wildman–Crippen MR) is 108 cm³/mol. The van der Waals surface area contributed by atoms with Gasteiger partial charge in [0.1, 0.15) is 0 Å². The summed E-state index contributed by atoms with van der Waals surface area (Å²) >= 11 is 1.93. The summed E-state index contributed by atoms with van der Waals surface area (Å²) in [6, 6.07) is 23.8. The van der Waals surface area contributed by atoms with Crippen LogP contribution in [0.3, 0.4) is 0 Å². The first kappa shape index (κ1) is 16.7. The van der Waals surface area contributed by atoms with Gasteiger partial charge in [-0.05, 0) is 41.7 Å². The maximum Gasteiger partial charge on any atom is 0.0345 e. The molecule has 0 atom stereocenters. The van der Waals surface area contributed by atoms with Crippen molar-refractivity contribution in [1.82, 2.24) is 0 Å². The van der Waals surface area contributed by atoms with Crippen molar-refractivity contribution in [2.75, 3.05) is 0 Å². The number of aryl methyl sites for hydroxylation is 1. The standard InChI is InChI=1S/C23H24S/c1-2-3-5-10-22-17-18-23(24-22)21-15-13-20(14-16-21)12-11-19-8-6-4-7-9-19/h4,6-9,11-18H,2-3,5,10H2,1H3/b12-11+. The first-order chi connectivity index (χ1) is 11.8. The summed E-state index contributed by atoms with van der Waals surface area (Å²) in [5.74, 6) is 0. The normalized spacial score (nSPS) is 11.2. The van der Waals surface area contributed by atoms with Crippen LogP contribution in [-0.4, -0.2) is 0 Å². The SMILES string of the molecule is CCCCCc1ccc(-c2ccc(/C=C/c3ccccc3)cc2)s1. The van der Waals surface area contributed by atoms with Gasteiger partial charge < -0.3 is 0 Å². The van der Waals surface area contributed by atoms with Gasteiger partial charge in [0.2, 0.25) is 0 Å². The molecule has 1 heteroatoms. The van der Waals surface area contributed by atoms with Crippen molar-refractivity contribution in [3.05, 3.63) is 82.7 Å². The van der Waals surface area contributed by atoms with Crippen molar-refractivity contribution in [2.24, 2.45) is 0 Å². The summed E-state index contributed by atoms with van der Waals surface area (Å²) in [6.07, 6.45) is 9.47. The van der Waals surface area contributed by atoms with Gasteiger partial charge in [0.15, 0.2) is 0 Å². The second-order valence-electron chi connectivity index (χ2n) is 6.09. The summed E-state index contributed by atoms with van der Waals surface area (Å²) in [4.78, 5) is 2.88. The smallest absolute Gasteiger partial charge is 0.0345 e. The number of thiophene rings is 1. The molecule has 24 heavy (non-hydrogen) atoms. The molecule has 0 spiro atoms. The molecule has 3 aromatic rings. The zero-order chi connectivity index (χ0) is 16.6. The monoisotopic (exact) mass is 332 g/mol. The van der Waals surface area contributed by atoms with Crippen molar-refractivity contribution in [3.8, 4) is 10.4 Å². The Morgan fingerprint density at radius 2 is 1.46 bits per heavy atom. The van der Waals surface area contributed by atoms with Crippen molar-refractivity contribution in [3.63, 3.8) is 0 Å². The highest BCUT2D eigenvalue weighted by molar-refractivity contribution is 7.15. The number of rotatable bonds is 7. The molecule has 1 aromatic heterocycles. The van der Waals surface area contributed by atoms with E-state index in [0.29, 0.717) is 0 Å². The Bertz CT molecular complexity index is 763. The lowest BCUT2D eigenvalue weighted by Crippen LogP contribution is -1.79. The Balaban J connectivity index is 1.65. The lowest BCUT2D eigenvalue weighted by molar-refractivity contribution is 0.722. The van der Waals surface area contributed by atoms with Gasteiger partial charge in [-0.15, -0.1) is 11.3 Å². The van der Waals surface area contributed by atoms with Gasteiger partial charge >= 0.3 is 0 Å². The fourth-order valence-corrected chi connectivity index (χ4v) is 3.79. The number of hydrogen-bond acceptors (Lipinski definition) is 1. The lowest BCUT2D eigenvalue weighted by Gasteiger charge is -1.99. The van der Waals surface area contributed by atoms with E-state index in [0.717, 1.165) is 0 Å². The molecule has 0 bridgehead atoms. The third-order valence-corrected chi connectivity index (χ3v) is 5.35. The molecule has 0 unspecified atom stereocenters. The molecule has 0 nitrogen and oxygen atoms in total. The lowest BCUT2D eigenvalue weighted by atomic mass is 10.1. The summed E-state index contributed by atoms with van der Waals surface area (Å²) < 4.78 is 0. The van der Waals surface area contributed by atoms with Gasteiger partial charge in [-0.25, -0.2) is 0 Å². The summed E-state index contributed by atoms with van der Waals surface area (Å²) in [5, 5.41) is 0. The van der Waals surface area contributed by atoms with Crippen LogP contribution in [0.4, 0.5) is 0 Å². The van der Waals surface area contributed by atoms with Crippen molar-refractivity contribution in [1.29, 1.82) is 0 Å². The van der Waals surface area contributed by atoms with E-state index in [2.05, 4.69) is 79.7 Å². The van der Waals surface area contributed by atoms with Crippen LogP contribution in [0.2, 0.25) is 0 Å². The zero-order valence-electron chi connectivity index (χ0n) is 14.2. The summed E-state index contributed by atoms with van der Waals surface area (Å²) in [7, 11) is 0. The predicted octanol–water partition coefficient (Wildman–Crippen LogP) is 7.32. The number of hydrogen-bond donors (Lipinski definition) is 0. The van der Waals surface area contributed by atoms with Gasteiger partial charge in [0, 0.05) is 9.75 Å². The zero-order valence-corrected chi connectivity index (χ0v) is 15.1. The van der Waals surface area contributed by atoms with Crippen LogP contribution in [0.5, 0.6) is 0 Å². The van der Waals surface area contributed by atoms with E-state index >= 15 is 0 Å². The summed E-state index contributed by atoms with van der Waals surface area (Å²) in [5.41, 5.74) is 3.79. The third-order valence-electron chi connectivity index (χ3n) is 4.15. The van der Waals surface area contributed by atoms with E-state index < -0.39 is 0 Å². The Labute approximate surface area is 149 Å². The molecule has 122 valence electrons. The minimum Gasteiger partial charge on any atom is -0.140 e. The Morgan fingerprint density at radius 3 is 2.17 bits per heavy atom. The molecule has 0 aliphatic heterocycles. The van der Waals surface area contributed by atoms with Crippen LogP contribution in [0.25, 0.3) is 22.6 Å². The topological polar surface area (TPSA) is 0 Å². The molecule has 0 N–H and O–H groups in total. The van der Waals surface area contributed by atoms with Crippen LogP contribution >= 0.6 is 11.3 Å². The number of unbranched alkanes of at least 4 members (excludes halogenated alkanes) is 2. The van der Waals surface area contributed by atoms with E-state index in [1.807, 2.05) is 17.4 Å². The molecule has 0 saturated carbocycles. The van der Waals surface area contributed by atoms with Crippen LogP contribution in [-0.2, 0) is 6.42 Å². The molecule has 3 rings (SSSR count). The van der Waals surface area contributed by atoms with Crippen LogP contribution < -0.4 is 0 Å². The average Bonchev–Trinajstić information content (AvgIpc) is 3.10. The van der Waals surface area contributed by atoms with Gasteiger partial charge in [-0.2, -0.15) is 0 Å². The second-order valence-corrected chi connectivity index (χ2v) is 7.26. The van der Waals surface area contributed by atoms with Gasteiger partial charge in [0.05, 0.1) is 0 Å². The fraction of sp³-hybridized carbons (Fsp3) is 0.217. The van der Waals surface area contributed by atoms with Crippen molar-refractivity contribution >= 4 is 23.5 Å². The maximum atomic E-state index is 2.29. The summed E-state index contributed by atoms with van der Waals surface area (Å²) in [6.45, 7) is 2.26. The third kappa shape index (κ3) is 4.69. The van der Waals surface area contributed by atoms with Crippen LogP contribution in [0.15, 0.2) is 66.7 Å². The first-order valence-electron chi connectivity index (χ1n) is 8.77. The molecule has 0 radical (unpaired) electrons. The highest BCUT2D eigenvalue weighted by Crippen LogP contribution is 2.29. The van der Waals surface area contributed by atoms with Gasteiger partial charge in [-0.1, -0.05) is 86.5 Å². The molecule has 0 amide bonds. The highest BCUT2D eigenvalue weighted by Gasteiger charge is 2.03. The average molecular weight is 333 g/mol. The Hall–Kier alpha value is -2.12. The number of benzene rings is 2. The second kappa shape index (κ2) is 8.65.